The average Bonchev–Trinajstić information content (AvgIpc) is 3.28. The van der Waals surface area contributed by atoms with E-state index in [1.54, 1.807) is 18.2 Å². The lowest BCUT2D eigenvalue weighted by Gasteiger charge is -2.19. The van der Waals surface area contributed by atoms with Gasteiger partial charge in [0, 0.05) is 24.3 Å². The van der Waals surface area contributed by atoms with Crippen LogP contribution in [0.2, 0.25) is 0 Å². The summed E-state index contributed by atoms with van der Waals surface area (Å²) >= 11 is 0. The third kappa shape index (κ3) is 7.95. The number of carbonyl (C=O) groups excluding carboxylic acids is 3. The number of carbonyl (C=O) groups is 3. The number of methoxy groups -OCH3 is 1. The standard InChI is InChI=1S/C32H36N4O5/c1-32(2,3)41-31(39)34-18-8-17-33-20-21-11-14-24(15-12-21)35-28(22-9-6-5-7-10-22)27-25-16-13-23(30(38)40-4)19-26(25)36-29(27)37/h5-7,9-16,19,33,35H,8,17-18,20H2,1-4H3,(H,34,39)(H,36,37)/b28-27-. The van der Waals surface area contributed by atoms with Crippen molar-refractivity contribution in [3.05, 3.63) is 95.1 Å². The SMILES string of the molecule is COC(=O)c1ccc2c(c1)NC(=O)/C2=C(\Nc1ccc(CNCCCNC(=O)OC(C)(C)C)cc1)c1ccccc1. The number of fused-ring (bicyclic) bond motifs is 1. The second-order valence-electron chi connectivity index (χ2n) is 10.6. The fourth-order valence-corrected chi connectivity index (χ4v) is 4.35. The zero-order valence-electron chi connectivity index (χ0n) is 23.8. The van der Waals surface area contributed by atoms with Crippen molar-refractivity contribution in [3.63, 3.8) is 0 Å². The number of alkyl carbamates (subject to hydrolysis) is 1. The van der Waals surface area contributed by atoms with Crippen LogP contribution in [0.5, 0.6) is 0 Å². The molecule has 1 aliphatic rings. The molecule has 0 aliphatic carbocycles. The van der Waals surface area contributed by atoms with Gasteiger partial charge < -0.3 is 30.7 Å². The number of nitrogens with one attached hydrogen (secondary N) is 4. The highest BCUT2D eigenvalue weighted by Crippen LogP contribution is 2.38. The summed E-state index contributed by atoms with van der Waals surface area (Å²) in [5, 5.41) is 12.5. The van der Waals surface area contributed by atoms with E-state index in [1.165, 1.54) is 7.11 Å². The number of esters is 1. The molecule has 4 rings (SSSR count). The lowest BCUT2D eigenvalue weighted by atomic mass is 9.99. The van der Waals surface area contributed by atoms with Crippen LogP contribution < -0.4 is 21.3 Å². The molecule has 1 heterocycles. The predicted molar refractivity (Wildman–Crippen MR) is 160 cm³/mol. The van der Waals surface area contributed by atoms with E-state index in [0.717, 1.165) is 29.8 Å². The van der Waals surface area contributed by atoms with E-state index in [-0.39, 0.29) is 5.91 Å². The molecule has 0 unspecified atom stereocenters. The molecule has 0 aromatic heterocycles. The van der Waals surface area contributed by atoms with Gasteiger partial charge in [-0.2, -0.15) is 0 Å². The van der Waals surface area contributed by atoms with Crippen LogP contribution in [0.25, 0.3) is 11.3 Å². The zero-order chi connectivity index (χ0) is 29.4. The van der Waals surface area contributed by atoms with E-state index in [2.05, 4.69) is 21.3 Å². The maximum Gasteiger partial charge on any atom is 0.407 e. The Labute approximate surface area is 240 Å². The summed E-state index contributed by atoms with van der Waals surface area (Å²) in [6.45, 7) is 7.46. The van der Waals surface area contributed by atoms with Crippen molar-refractivity contribution in [1.29, 1.82) is 0 Å². The molecule has 0 fully saturated rings. The first-order valence-corrected chi connectivity index (χ1v) is 13.5. The van der Waals surface area contributed by atoms with Crippen LogP contribution in [-0.4, -0.2) is 43.8 Å². The first kappa shape index (κ1) is 29.4. The fourth-order valence-electron chi connectivity index (χ4n) is 4.35. The number of hydrogen-bond donors (Lipinski definition) is 4. The molecule has 4 N–H and O–H groups in total. The molecule has 2 amide bonds. The van der Waals surface area contributed by atoms with E-state index < -0.39 is 17.7 Å². The summed E-state index contributed by atoms with van der Waals surface area (Å²) in [6.07, 6.45) is 0.368. The molecule has 1 aliphatic heterocycles. The summed E-state index contributed by atoms with van der Waals surface area (Å²) < 4.78 is 10.1. The molecule has 214 valence electrons. The molecule has 3 aromatic rings. The fraction of sp³-hybridized carbons (Fsp3) is 0.281. The van der Waals surface area contributed by atoms with Crippen LogP contribution in [-0.2, 0) is 20.8 Å². The Kier molecular flexibility index (Phi) is 9.41. The van der Waals surface area contributed by atoms with Crippen LogP contribution in [0.15, 0.2) is 72.8 Å². The quantitative estimate of drug-likeness (QED) is 0.150. The third-order valence-corrected chi connectivity index (χ3v) is 6.25. The van der Waals surface area contributed by atoms with Crippen molar-refractivity contribution in [2.45, 2.75) is 39.3 Å². The van der Waals surface area contributed by atoms with Gasteiger partial charge in [0.15, 0.2) is 0 Å². The monoisotopic (exact) mass is 556 g/mol. The summed E-state index contributed by atoms with van der Waals surface area (Å²) in [4.78, 5) is 36.9. The van der Waals surface area contributed by atoms with Gasteiger partial charge in [0.2, 0.25) is 0 Å². The molecule has 9 nitrogen and oxygen atoms in total. The predicted octanol–water partition coefficient (Wildman–Crippen LogP) is 5.41. The first-order valence-electron chi connectivity index (χ1n) is 13.5. The molecule has 0 saturated heterocycles. The molecule has 0 atom stereocenters. The van der Waals surface area contributed by atoms with Gasteiger partial charge in [-0.15, -0.1) is 0 Å². The molecular formula is C32H36N4O5. The van der Waals surface area contributed by atoms with E-state index >= 15 is 0 Å². The Morgan fingerprint density at radius 3 is 2.32 bits per heavy atom. The molecule has 0 saturated carbocycles. The number of hydrogen-bond acceptors (Lipinski definition) is 7. The van der Waals surface area contributed by atoms with Crippen LogP contribution in [0, 0.1) is 0 Å². The molecule has 41 heavy (non-hydrogen) atoms. The second kappa shape index (κ2) is 13.1. The Bertz CT molecular complexity index is 1430. The molecule has 0 spiro atoms. The Morgan fingerprint density at radius 1 is 0.902 bits per heavy atom. The van der Waals surface area contributed by atoms with Crippen molar-refractivity contribution >= 4 is 40.6 Å². The number of anilines is 2. The Hall–Kier alpha value is -4.63. The topological polar surface area (TPSA) is 118 Å². The van der Waals surface area contributed by atoms with Gasteiger partial charge in [-0.05, 0) is 69.1 Å². The molecule has 9 heteroatoms. The van der Waals surface area contributed by atoms with E-state index in [9.17, 15) is 14.4 Å². The number of ether oxygens (including phenoxy) is 2. The molecular weight excluding hydrogens is 520 g/mol. The van der Waals surface area contributed by atoms with Crippen molar-refractivity contribution in [2.75, 3.05) is 30.8 Å². The third-order valence-electron chi connectivity index (χ3n) is 6.25. The summed E-state index contributed by atoms with van der Waals surface area (Å²) in [5.74, 6) is -0.719. The van der Waals surface area contributed by atoms with Gasteiger partial charge in [0.1, 0.15) is 5.60 Å². The largest absolute Gasteiger partial charge is 0.465 e. The number of rotatable bonds is 10. The van der Waals surface area contributed by atoms with Crippen LogP contribution in [0.4, 0.5) is 16.2 Å². The van der Waals surface area contributed by atoms with Crippen LogP contribution in [0.1, 0.15) is 54.2 Å². The average molecular weight is 557 g/mol. The number of benzene rings is 3. The molecule has 0 bridgehead atoms. The van der Waals surface area contributed by atoms with Crippen molar-refractivity contribution in [2.24, 2.45) is 0 Å². The zero-order valence-corrected chi connectivity index (χ0v) is 23.8. The maximum absolute atomic E-state index is 13.2. The Morgan fingerprint density at radius 2 is 1.63 bits per heavy atom. The molecule has 0 radical (unpaired) electrons. The van der Waals surface area contributed by atoms with Gasteiger partial charge in [0.05, 0.1) is 29.6 Å². The highest BCUT2D eigenvalue weighted by molar-refractivity contribution is 6.37. The summed E-state index contributed by atoms with van der Waals surface area (Å²) in [7, 11) is 1.32. The van der Waals surface area contributed by atoms with Gasteiger partial charge in [0.25, 0.3) is 5.91 Å². The minimum absolute atomic E-state index is 0.254. The van der Waals surface area contributed by atoms with Crippen molar-refractivity contribution < 1.29 is 23.9 Å². The lowest BCUT2D eigenvalue weighted by molar-refractivity contribution is -0.110. The van der Waals surface area contributed by atoms with Crippen molar-refractivity contribution in [1.82, 2.24) is 10.6 Å². The molecule has 3 aromatic carbocycles. The van der Waals surface area contributed by atoms with E-state index in [4.69, 9.17) is 9.47 Å². The van der Waals surface area contributed by atoms with Crippen molar-refractivity contribution in [3.8, 4) is 0 Å². The van der Waals surface area contributed by atoms with Gasteiger partial charge >= 0.3 is 12.1 Å². The summed E-state index contributed by atoms with van der Waals surface area (Å²) in [5.41, 5.74) is 5.06. The maximum atomic E-state index is 13.2. The van der Waals surface area contributed by atoms with Gasteiger partial charge in [-0.3, -0.25) is 4.79 Å². The first-order chi connectivity index (χ1) is 19.6. The minimum Gasteiger partial charge on any atom is -0.465 e. The normalized spacial score (nSPS) is 13.6. The van der Waals surface area contributed by atoms with Crippen LogP contribution >= 0.6 is 0 Å². The summed E-state index contributed by atoms with van der Waals surface area (Å²) in [6, 6.07) is 22.7. The van der Waals surface area contributed by atoms with Gasteiger partial charge in [-0.25, -0.2) is 9.59 Å². The van der Waals surface area contributed by atoms with E-state index in [0.29, 0.717) is 41.2 Å². The second-order valence-corrected chi connectivity index (χ2v) is 10.6. The minimum atomic E-state index is -0.508. The highest BCUT2D eigenvalue weighted by atomic mass is 16.6. The highest BCUT2D eigenvalue weighted by Gasteiger charge is 2.29. The van der Waals surface area contributed by atoms with Crippen LogP contribution in [0.3, 0.4) is 0 Å². The van der Waals surface area contributed by atoms with Gasteiger partial charge in [-0.1, -0.05) is 48.5 Å². The van der Waals surface area contributed by atoms with E-state index in [1.807, 2.05) is 75.4 Å². The lowest BCUT2D eigenvalue weighted by Crippen LogP contribution is -2.33. The Balaban J connectivity index is 1.42. The smallest absolute Gasteiger partial charge is 0.407 e. The number of amides is 2.